The first-order valence-electron chi connectivity index (χ1n) is 10.0. The Bertz CT molecular complexity index is 946. The Morgan fingerprint density at radius 3 is 2.61 bits per heavy atom. The molecular weight excluding hydrogens is 398 g/mol. The predicted molar refractivity (Wildman–Crippen MR) is 115 cm³/mol. The number of hydrogen-bond acceptors (Lipinski definition) is 7. The van der Waals surface area contributed by atoms with Gasteiger partial charge in [0.25, 0.3) is 0 Å². The summed E-state index contributed by atoms with van der Waals surface area (Å²) < 4.78 is 5.01. The fourth-order valence-electron chi connectivity index (χ4n) is 3.25. The van der Waals surface area contributed by atoms with Crippen molar-refractivity contribution in [1.82, 2.24) is 10.3 Å². The van der Waals surface area contributed by atoms with Crippen LogP contribution in [0.25, 0.3) is 0 Å². The summed E-state index contributed by atoms with van der Waals surface area (Å²) in [5.41, 5.74) is 2.14. The third-order valence-corrected chi connectivity index (χ3v) is 4.95. The van der Waals surface area contributed by atoms with Gasteiger partial charge in [-0.1, -0.05) is 18.2 Å². The van der Waals surface area contributed by atoms with Crippen LogP contribution < -0.4 is 16.5 Å². The van der Waals surface area contributed by atoms with Crippen molar-refractivity contribution in [3.05, 3.63) is 59.9 Å². The third-order valence-electron chi connectivity index (χ3n) is 4.95. The second kappa shape index (κ2) is 10.3. The molecule has 2 amide bonds. The summed E-state index contributed by atoms with van der Waals surface area (Å²) in [4.78, 5) is 41.2. The number of carbonyl (C=O) groups is 3. The molecule has 4 N–H and O–H groups in total. The molecule has 1 aromatic heterocycles. The number of nitrogens with one attached hydrogen (secondary N) is 2. The van der Waals surface area contributed by atoms with Crippen LogP contribution in [0.4, 0.5) is 5.69 Å². The molecular formula is C22H25N5O4. The first kappa shape index (κ1) is 21.9. The zero-order valence-corrected chi connectivity index (χ0v) is 17.2. The molecule has 31 heavy (non-hydrogen) atoms. The number of benzene rings is 1. The number of anilines is 1. The topological polar surface area (TPSA) is 136 Å². The van der Waals surface area contributed by atoms with E-state index in [2.05, 4.69) is 20.7 Å². The van der Waals surface area contributed by atoms with Gasteiger partial charge >= 0.3 is 5.97 Å². The van der Waals surface area contributed by atoms with E-state index in [1.54, 1.807) is 55.7 Å². The lowest BCUT2D eigenvalue weighted by Crippen LogP contribution is -2.33. The van der Waals surface area contributed by atoms with Crippen molar-refractivity contribution in [3.8, 4) is 0 Å². The minimum atomic E-state index is -0.568. The molecule has 3 rings (SSSR count). The lowest BCUT2D eigenvalue weighted by Gasteiger charge is -2.18. The highest BCUT2D eigenvalue weighted by molar-refractivity contribution is 5.99. The Hall–Kier alpha value is -3.75. The minimum Gasteiger partial charge on any atom is -0.466 e. The van der Waals surface area contributed by atoms with Gasteiger partial charge in [0.2, 0.25) is 11.8 Å². The number of hydrazone groups is 1. The third kappa shape index (κ3) is 6.11. The van der Waals surface area contributed by atoms with Crippen LogP contribution in [0.5, 0.6) is 0 Å². The van der Waals surface area contributed by atoms with Crippen molar-refractivity contribution in [1.29, 1.82) is 0 Å². The van der Waals surface area contributed by atoms with Crippen molar-refractivity contribution < 1.29 is 19.1 Å². The molecule has 1 aliphatic rings. The van der Waals surface area contributed by atoms with Gasteiger partial charge in [-0.15, -0.1) is 0 Å². The number of rotatable bonds is 9. The average Bonchev–Trinajstić information content (AvgIpc) is 3.57. The Morgan fingerprint density at radius 1 is 1.23 bits per heavy atom. The van der Waals surface area contributed by atoms with E-state index in [9.17, 15) is 14.4 Å². The Kier molecular flexibility index (Phi) is 7.31. The number of hydrogen-bond donors (Lipinski definition) is 3. The smallest absolute Gasteiger partial charge is 0.308 e. The van der Waals surface area contributed by atoms with Crippen molar-refractivity contribution in [3.63, 3.8) is 0 Å². The molecule has 0 saturated heterocycles. The van der Waals surface area contributed by atoms with Gasteiger partial charge in [0, 0.05) is 18.1 Å². The number of ether oxygens (including phenoxy) is 1. The maximum Gasteiger partial charge on any atom is 0.308 e. The number of nitrogens with two attached hydrogens (primary N) is 1. The lowest BCUT2D eigenvalue weighted by molar-refractivity contribution is -0.144. The number of carbonyl (C=O) groups excluding carboxylic acids is 3. The van der Waals surface area contributed by atoms with Gasteiger partial charge < -0.3 is 21.2 Å². The molecule has 162 valence electrons. The minimum absolute atomic E-state index is 0.00664. The molecule has 0 radical (unpaired) electrons. The number of esters is 1. The second-order valence-electron chi connectivity index (χ2n) is 7.19. The van der Waals surface area contributed by atoms with E-state index in [1.807, 2.05) is 0 Å². The number of pyridine rings is 1. The number of nitrogens with zero attached hydrogens (tertiary/aromatic N) is 2. The van der Waals surface area contributed by atoms with E-state index in [-0.39, 0.29) is 24.8 Å². The molecule has 1 fully saturated rings. The standard InChI is InChI=1S/C22H25N5O4/c1-2-31-20(28)11-19(15-4-3-9-24-13-15)27-22(30)18-10-17(18)21(29)26-16-7-5-14(6-8-16)12-25-23/h3-9,12-13,17-19H,2,10-11,23H2,1H3,(H,26,29)(H,27,30)/t17?,18?,19-/m1/s1. The van der Waals surface area contributed by atoms with Crippen molar-refractivity contribution in [2.45, 2.75) is 25.8 Å². The van der Waals surface area contributed by atoms with Gasteiger partial charge in [-0.25, -0.2) is 0 Å². The van der Waals surface area contributed by atoms with E-state index in [0.29, 0.717) is 17.7 Å². The van der Waals surface area contributed by atoms with Crippen LogP contribution in [-0.2, 0) is 19.1 Å². The fourth-order valence-corrected chi connectivity index (χ4v) is 3.25. The molecule has 0 spiro atoms. The van der Waals surface area contributed by atoms with E-state index < -0.39 is 23.8 Å². The highest BCUT2D eigenvalue weighted by Gasteiger charge is 2.48. The van der Waals surface area contributed by atoms with Gasteiger partial charge in [0.05, 0.1) is 37.1 Å². The molecule has 0 bridgehead atoms. The Morgan fingerprint density at radius 2 is 1.97 bits per heavy atom. The quantitative estimate of drug-likeness (QED) is 0.243. The van der Waals surface area contributed by atoms with Gasteiger partial charge in [-0.05, 0) is 42.7 Å². The van der Waals surface area contributed by atoms with Gasteiger partial charge in [0.1, 0.15) is 0 Å². The monoisotopic (exact) mass is 423 g/mol. The molecule has 2 unspecified atom stereocenters. The van der Waals surface area contributed by atoms with Crippen LogP contribution in [-0.4, -0.2) is 35.6 Å². The maximum absolute atomic E-state index is 12.7. The van der Waals surface area contributed by atoms with Gasteiger partial charge in [-0.2, -0.15) is 5.10 Å². The molecule has 1 saturated carbocycles. The van der Waals surface area contributed by atoms with E-state index in [0.717, 1.165) is 5.56 Å². The van der Waals surface area contributed by atoms with Crippen molar-refractivity contribution in [2.24, 2.45) is 22.8 Å². The Balaban J connectivity index is 1.58. The van der Waals surface area contributed by atoms with E-state index in [4.69, 9.17) is 10.6 Å². The van der Waals surface area contributed by atoms with Crippen molar-refractivity contribution >= 4 is 29.7 Å². The maximum atomic E-state index is 12.7. The van der Waals surface area contributed by atoms with Crippen LogP contribution >= 0.6 is 0 Å². The highest BCUT2D eigenvalue weighted by Crippen LogP contribution is 2.40. The highest BCUT2D eigenvalue weighted by atomic mass is 16.5. The SMILES string of the molecule is CCOC(=O)C[C@@H](NC(=O)C1CC1C(=O)Nc1ccc(C=NN)cc1)c1cccnc1. The fraction of sp³-hybridized carbons (Fsp3) is 0.318. The molecule has 0 aliphatic heterocycles. The van der Waals surface area contributed by atoms with E-state index in [1.165, 1.54) is 6.21 Å². The Labute approximate surface area is 180 Å². The zero-order chi connectivity index (χ0) is 22.2. The number of amides is 2. The average molecular weight is 423 g/mol. The van der Waals surface area contributed by atoms with Crippen LogP contribution in [0, 0.1) is 11.8 Å². The van der Waals surface area contributed by atoms with Crippen molar-refractivity contribution in [2.75, 3.05) is 11.9 Å². The summed E-state index contributed by atoms with van der Waals surface area (Å²) in [6.07, 6.45) is 5.16. The summed E-state index contributed by atoms with van der Waals surface area (Å²) in [5.74, 6) is 3.36. The second-order valence-corrected chi connectivity index (χ2v) is 7.19. The first-order chi connectivity index (χ1) is 15.0. The largest absolute Gasteiger partial charge is 0.466 e. The summed E-state index contributed by atoms with van der Waals surface area (Å²) in [7, 11) is 0. The molecule has 1 aliphatic carbocycles. The molecule has 9 nitrogen and oxygen atoms in total. The van der Waals surface area contributed by atoms with Gasteiger partial charge in [0.15, 0.2) is 0 Å². The molecule has 2 aromatic rings. The molecule has 9 heteroatoms. The van der Waals surface area contributed by atoms with E-state index >= 15 is 0 Å². The molecule has 3 atom stereocenters. The van der Waals surface area contributed by atoms with Crippen LogP contribution in [0.1, 0.15) is 36.9 Å². The zero-order valence-electron chi connectivity index (χ0n) is 17.2. The summed E-state index contributed by atoms with van der Waals surface area (Å²) in [5, 5.41) is 9.13. The number of aromatic nitrogens is 1. The summed E-state index contributed by atoms with van der Waals surface area (Å²) >= 11 is 0. The summed E-state index contributed by atoms with van der Waals surface area (Å²) in [6.45, 7) is 1.99. The van der Waals surface area contributed by atoms with Crippen LogP contribution in [0.3, 0.4) is 0 Å². The van der Waals surface area contributed by atoms with Crippen LogP contribution in [0.15, 0.2) is 53.9 Å². The molecule has 1 heterocycles. The lowest BCUT2D eigenvalue weighted by atomic mass is 10.1. The predicted octanol–water partition coefficient (Wildman–Crippen LogP) is 1.76. The molecule has 1 aromatic carbocycles. The normalized spacial score (nSPS) is 18.2. The summed E-state index contributed by atoms with van der Waals surface area (Å²) in [6, 6.07) is 9.98. The first-order valence-corrected chi connectivity index (χ1v) is 10.0. The van der Waals surface area contributed by atoms with Crippen LogP contribution in [0.2, 0.25) is 0 Å². The van der Waals surface area contributed by atoms with Gasteiger partial charge in [-0.3, -0.25) is 19.4 Å².